The number of imidazole rings is 1. The third-order valence-corrected chi connectivity index (χ3v) is 4.48. The first kappa shape index (κ1) is 20.2. The number of halogens is 1. The van der Waals surface area contributed by atoms with E-state index in [0.717, 1.165) is 36.8 Å². The van der Waals surface area contributed by atoms with Crippen LogP contribution in [0.3, 0.4) is 0 Å². The summed E-state index contributed by atoms with van der Waals surface area (Å²) < 4.78 is 7.23. The van der Waals surface area contributed by atoms with E-state index in [4.69, 9.17) is 4.74 Å². The van der Waals surface area contributed by atoms with Crippen LogP contribution in [0.2, 0.25) is 0 Å². The number of aromatic nitrogens is 2. The van der Waals surface area contributed by atoms with Crippen LogP contribution in [0.15, 0.2) is 36.7 Å². The number of ether oxygens (including phenoxy) is 1. The number of nitrogens with one attached hydrogen (secondary N) is 2. The highest BCUT2D eigenvalue weighted by Crippen LogP contribution is 2.19. The first-order valence-electron chi connectivity index (χ1n) is 8.49. The molecular weight excluding hydrogens is 354 g/mol. The molecule has 0 bridgehead atoms. The lowest BCUT2D eigenvalue weighted by Gasteiger charge is -2.35. The van der Waals surface area contributed by atoms with E-state index in [1.165, 1.54) is 0 Å². The van der Waals surface area contributed by atoms with Crippen LogP contribution in [0.25, 0.3) is 0 Å². The minimum Gasteiger partial charge on any atom is -0.497 e. The fourth-order valence-electron chi connectivity index (χ4n) is 3.11. The first-order chi connectivity index (χ1) is 12.2. The summed E-state index contributed by atoms with van der Waals surface area (Å²) in [7, 11) is 3.62. The molecule has 3 rings (SSSR count). The molecule has 1 amide bonds. The second kappa shape index (κ2) is 9.56. The summed E-state index contributed by atoms with van der Waals surface area (Å²) in [5.74, 6) is 1.79. The fraction of sp³-hybridized carbons (Fsp3) is 0.444. The molecule has 142 valence electrons. The smallest absolute Gasteiger partial charge is 0.234 e. The highest BCUT2D eigenvalue weighted by atomic mass is 35.5. The summed E-state index contributed by atoms with van der Waals surface area (Å²) in [6, 6.07) is 7.83. The van der Waals surface area contributed by atoms with Crippen molar-refractivity contribution in [2.75, 3.05) is 33.3 Å². The Labute approximate surface area is 160 Å². The van der Waals surface area contributed by atoms with Crippen molar-refractivity contribution < 1.29 is 9.53 Å². The van der Waals surface area contributed by atoms with Gasteiger partial charge in [-0.1, -0.05) is 12.1 Å². The molecule has 0 radical (unpaired) electrons. The third-order valence-electron chi connectivity index (χ3n) is 4.48. The Morgan fingerprint density at radius 2 is 2.31 bits per heavy atom. The van der Waals surface area contributed by atoms with Crippen LogP contribution in [-0.2, 0) is 18.4 Å². The van der Waals surface area contributed by atoms with Crippen molar-refractivity contribution in [1.82, 2.24) is 25.1 Å². The summed E-state index contributed by atoms with van der Waals surface area (Å²) >= 11 is 0. The molecule has 0 aliphatic carbocycles. The second-order valence-electron chi connectivity index (χ2n) is 6.22. The maximum atomic E-state index is 12.4. The molecule has 2 heterocycles. The van der Waals surface area contributed by atoms with Gasteiger partial charge in [0.15, 0.2) is 0 Å². The number of aryl methyl sites for hydroxylation is 1. The lowest BCUT2D eigenvalue weighted by atomic mass is 10.1. The van der Waals surface area contributed by atoms with E-state index < -0.39 is 0 Å². The lowest BCUT2D eigenvalue weighted by Crippen LogP contribution is -2.50. The molecule has 0 spiro atoms. The monoisotopic (exact) mass is 379 g/mol. The quantitative estimate of drug-likeness (QED) is 0.786. The van der Waals surface area contributed by atoms with E-state index in [2.05, 4.69) is 20.5 Å². The van der Waals surface area contributed by atoms with Crippen molar-refractivity contribution in [3.8, 4) is 5.75 Å². The fourth-order valence-corrected chi connectivity index (χ4v) is 3.11. The number of hydrogen-bond acceptors (Lipinski definition) is 5. The summed E-state index contributed by atoms with van der Waals surface area (Å²) in [6.45, 7) is 3.36. The number of piperazine rings is 1. The zero-order chi connectivity index (χ0) is 17.6. The number of benzene rings is 1. The van der Waals surface area contributed by atoms with Crippen LogP contribution in [0.4, 0.5) is 0 Å². The molecule has 7 nitrogen and oxygen atoms in total. The average molecular weight is 380 g/mol. The minimum absolute atomic E-state index is 0. The van der Waals surface area contributed by atoms with E-state index in [-0.39, 0.29) is 24.4 Å². The van der Waals surface area contributed by atoms with E-state index in [9.17, 15) is 4.79 Å². The van der Waals surface area contributed by atoms with Crippen molar-refractivity contribution in [2.24, 2.45) is 7.05 Å². The molecule has 2 aromatic rings. The third kappa shape index (κ3) is 4.97. The molecule has 1 saturated heterocycles. The number of carbonyl (C=O) groups excluding carboxylic acids is 1. The normalized spacial score (nSPS) is 17.4. The van der Waals surface area contributed by atoms with Crippen molar-refractivity contribution >= 4 is 18.3 Å². The average Bonchev–Trinajstić information content (AvgIpc) is 3.06. The first-order valence-corrected chi connectivity index (χ1v) is 8.49. The molecule has 26 heavy (non-hydrogen) atoms. The molecule has 2 N–H and O–H groups in total. The van der Waals surface area contributed by atoms with Gasteiger partial charge in [0.1, 0.15) is 11.6 Å². The molecule has 0 saturated carbocycles. The largest absolute Gasteiger partial charge is 0.497 e. The summed E-state index contributed by atoms with van der Waals surface area (Å²) in [5.41, 5.74) is 1.02. The van der Waals surface area contributed by atoms with Crippen molar-refractivity contribution in [3.63, 3.8) is 0 Å². The number of rotatable bonds is 6. The van der Waals surface area contributed by atoms with Crippen LogP contribution in [-0.4, -0.2) is 53.6 Å². The zero-order valence-electron chi connectivity index (χ0n) is 15.1. The molecule has 1 aliphatic rings. The Bertz CT molecular complexity index is 721. The zero-order valence-corrected chi connectivity index (χ0v) is 16.0. The van der Waals surface area contributed by atoms with Gasteiger partial charge < -0.3 is 19.9 Å². The molecule has 1 atom stereocenters. The van der Waals surface area contributed by atoms with Gasteiger partial charge in [0.2, 0.25) is 5.91 Å². The van der Waals surface area contributed by atoms with E-state index in [1.807, 2.05) is 42.1 Å². The molecule has 1 fully saturated rings. The van der Waals surface area contributed by atoms with E-state index in [1.54, 1.807) is 13.3 Å². The molecule has 1 aromatic heterocycles. The Morgan fingerprint density at radius 3 is 3.04 bits per heavy atom. The van der Waals surface area contributed by atoms with Gasteiger partial charge >= 0.3 is 0 Å². The Kier molecular flexibility index (Phi) is 7.44. The topological polar surface area (TPSA) is 71.4 Å². The number of hydrogen-bond donors (Lipinski definition) is 2. The highest BCUT2D eigenvalue weighted by molar-refractivity contribution is 5.85. The van der Waals surface area contributed by atoms with Crippen LogP contribution < -0.4 is 15.4 Å². The second-order valence-corrected chi connectivity index (χ2v) is 6.22. The molecule has 8 heteroatoms. The van der Waals surface area contributed by atoms with E-state index in [0.29, 0.717) is 13.1 Å². The maximum Gasteiger partial charge on any atom is 0.234 e. The van der Waals surface area contributed by atoms with Gasteiger partial charge in [0.05, 0.1) is 19.7 Å². The predicted octanol–water partition coefficient (Wildman–Crippen LogP) is 1.11. The number of nitrogens with zero attached hydrogens (tertiary/aromatic N) is 3. The predicted molar refractivity (Wildman–Crippen MR) is 102 cm³/mol. The summed E-state index contributed by atoms with van der Waals surface area (Å²) in [4.78, 5) is 19.0. The van der Waals surface area contributed by atoms with Crippen molar-refractivity contribution in [1.29, 1.82) is 0 Å². The van der Waals surface area contributed by atoms with Crippen LogP contribution in [0, 0.1) is 0 Å². The van der Waals surface area contributed by atoms with Gasteiger partial charge in [-0.2, -0.15) is 0 Å². The Hall–Kier alpha value is -2.09. The van der Waals surface area contributed by atoms with Gasteiger partial charge in [-0.05, 0) is 17.7 Å². The van der Waals surface area contributed by atoms with Gasteiger partial charge in [-0.3, -0.25) is 9.69 Å². The van der Waals surface area contributed by atoms with E-state index >= 15 is 0 Å². The van der Waals surface area contributed by atoms with Crippen LogP contribution >= 0.6 is 12.4 Å². The number of amides is 1. The number of carbonyl (C=O) groups is 1. The van der Waals surface area contributed by atoms with Crippen LogP contribution in [0.1, 0.15) is 17.4 Å². The maximum absolute atomic E-state index is 12.4. The standard InChI is InChI=1S/C18H25N5O2.ClH/c1-22-8-7-20-18(22)16-12-19-6-9-23(16)13-17(24)21-11-14-4-3-5-15(10-14)25-2;/h3-5,7-8,10,16,19H,6,9,11-13H2,1-2H3,(H,21,24);1H. The van der Waals surface area contributed by atoms with Gasteiger partial charge in [-0.15, -0.1) is 12.4 Å². The lowest BCUT2D eigenvalue weighted by molar-refractivity contribution is -0.123. The van der Waals surface area contributed by atoms with Gasteiger partial charge in [-0.25, -0.2) is 4.98 Å². The number of methoxy groups -OCH3 is 1. The Morgan fingerprint density at radius 1 is 1.46 bits per heavy atom. The van der Waals surface area contributed by atoms with Crippen molar-refractivity contribution in [3.05, 3.63) is 48.0 Å². The Balaban J connectivity index is 0.00000243. The SMILES string of the molecule is COc1cccc(CNC(=O)CN2CCNCC2c2nccn2C)c1.Cl. The molecular formula is C18H26ClN5O2. The summed E-state index contributed by atoms with van der Waals surface area (Å²) in [6.07, 6.45) is 3.73. The van der Waals surface area contributed by atoms with Crippen molar-refractivity contribution in [2.45, 2.75) is 12.6 Å². The van der Waals surface area contributed by atoms with Gasteiger partial charge in [0, 0.05) is 45.6 Å². The minimum atomic E-state index is 0. The molecule has 1 aliphatic heterocycles. The van der Waals surface area contributed by atoms with Gasteiger partial charge in [0.25, 0.3) is 0 Å². The highest BCUT2D eigenvalue weighted by Gasteiger charge is 2.28. The molecule has 1 aromatic carbocycles. The molecule has 1 unspecified atom stereocenters. The van der Waals surface area contributed by atoms with Crippen LogP contribution in [0.5, 0.6) is 5.75 Å². The summed E-state index contributed by atoms with van der Waals surface area (Å²) in [5, 5.41) is 6.38.